The summed E-state index contributed by atoms with van der Waals surface area (Å²) in [5.74, 6) is 0.837. The lowest BCUT2D eigenvalue weighted by atomic mass is 10.5. The molecule has 0 fully saturated rings. The number of aromatic nitrogens is 3. The van der Waals surface area contributed by atoms with Gasteiger partial charge in [-0.3, -0.25) is 0 Å². The second-order valence-electron chi connectivity index (χ2n) is 2.32. The number of halogens is 1. The van der Waals surface area contributed by atoms with E-state index >= 15 is 0 Å². The molecule has 62 valence electrons. The summed E-state index contributed by atoms with van der Waals surface area (Å²) in [5, 5.41) is 7.04. The van der Waals surface area contributed by atoms with Gasteiger partial charge in [0.15, 0.2) is 5.65 Å². The van der Waals surface area contributed by atoms with Gasteiger partial charge >= 0.3 is 0 Å². The van der Waals surface area contributed by atoms with Gasteiger partial charge < -0.3 is 5.32 Å². The predicted molar refractivity (Wildman–Crippen MR) is 50.2 cm³/mol. The normalized spacial score (nSPS) is 10.5. The highest BCUT2D eigenvalue weighted by molar-refractivity contribution is 9.10. The van der Waals surface area contributed by atoms with Crippen LogP contribution in [-0.4, -0.2) is 21.6 Å². The maximum absolute atomic E-state index is 4.30. The SMILES string of the molecule is CNc1ccn2ncc(Br)c2n1. The van der Waals surface area contributed by atoms with Gasteiger partial charge in [-0.2, -0.15) is 5.10 Å². The number of nitrogens with one attached hydrogen (secondary N) is 1. The molecule has 0 amide bonds. The van der Waals surface area contributed by atoms with Crippen molar-refractivity contribution in [3.8, 4) is 0 Å². The lowest BCUT2D eigenvalue weighted by Crippen LogP contribution is -1.95. The molecule has 2 heterocycles. The lowest BCUT2D eigenvalue weighted by Gasteiger charge is -1.98. The maximum atomic E-state index is 4.30. The Bertz CT molecular complexity index is 409. The van der Waals surface area contributed by atoms with Crippen LogP contribution in [-0.2, 0) is 0 Å². The van der Waals surface area contributed by atoms with Gasteiger partial charge in [-0.1, -0.05) is 0 Å². The molecule has 0 bridgehead atoms. The van der Waals surface area contributed by atoms with Crippen LogP contribution in [0.1, 0.15) is 0 Å². The summed E-state index contributed by atoms with van der Waals surface area (Å²) in [5.41, 5.74) is 0.821. The van der Waals surface area contributed by atoms with Crippen molar-refractivity contribution in [1.29, 1.82) is 0 Å². The molecule has 0 aliphatic rings. The van der Waals surface area contributed by atoms with Crippen molar-refractivity contribution in [2.24, 2.45) is 0 Å². The summed E-state index contributed by atoms with van der Waals surface area (Å²) in [6, 6.07) is 1.87. The smallest absolute Gasteiger partial charge is 0.171 e. The van der Waals surface area contributed by atoms with Crippen LogP contribution in [0.4, 0.5) is 5.82 Å². The molecule has 0 saturated heterocycles. The topological polar surface area (TPSA) is 42.2 Å². The largest absolute Gasteiger partial charge is 0.373 e. The van der Waals surface area contributed by atoms with Crippen molar-refractivity contribution in [2.75, 3.05) is 12.4 Å². The first-order chi connectivity index (χ1) is 5.81. The Hall–Kier alpha value is -1.10. The standard InChI is InChI=1S/C7H7BrN4/c1-9-6-2-3-12-7(11-6)5(8)4-10-12/h2-4H,1H3,(H,9,11). The minimum atomic E-state index is 0.821. The number of anilines is 1. The molecule has 0 radical (unpaired) electrons. The maximum Gasteiger partial charge on any atom is 0.171 e. The molecular formula is C7H7BrN4. The Labute approximate surface area is 77.7 Å². The van der Waals surface area contributed by atoms with Gasteiger partial charge in [-0.15, -0.1) is 0 Å². The van der Waals surface area contributed by atoms with E-state index in [0.717, 1.165) is 15.9 Å². The Kier molecular flexibility index (Phi) is 1.73. The average molecular weight is 227 g/mol. The average Bonchev–Trinajstić information content (AvgIpc) is 2.47. The van der Waals surface area contributed by atoms with Crippen LogP contribution in [0.3, 0.4) is 0 Å². The zero-order valence-electron chi connectivity index (χ0n) is 6.45. The summed E-state index contributed by atoms with van der Waals surface area (Å²) in [6.45, 7) is 0. The minimum absolute atomic E-state index is 0.821. The molecule has 0 aliphatic carbocycles. The highest BCUT2D eigenvalue weighted by Crippen LogP contribution is 2.16. The summed E-state index contributed by atoms with van der Waals surface area (Å²) in [7, 11) is 1.84. The first-order valence-electron chi connectivity index (χ1n) is 3.49. The molecule has 0 saturated carbocycles. The highest BCUT2D eigenvalue weighted by atomic mass is 79.9. The van der Waals surface area contributed by atoms with Crippen LogP contribution in [0.2, 0.25) is 0 Å². The molecule has 12 heavy (non-hydrogen) atoms. The monoisotopic (exact) mass is 226 g/mol. The molecule has 5 heteroatoms. The second-order valence-corrected chi connectivity index (χ2v) is 3.18. The molecule has 0 aliphatic heterocycles. The van der Waals surface area contributed by atoms with Crippen LogP contribution in [0.5, 0.6) is 0 Å². The van der Waals surface area contributed by atoms with Crippen molar-refractivity contribution in [1.82, 2.24) is 14.6 Å². The second kappa shape index (κ2) is 2.75. The van der Waals surface area contributed by atoms with Crippen molar-refractivity contribution in [2.45, 2.75) is 0 Å². The van der Waals surface area contributed by atoms with Crippen LogP contribution in [0.15, 0.2) is 22.9 Å². The first kappa shape index (κ1) is 7.54. The summed E-state index contributed by atoms with van der Waals surface area (Å²) < 4.78 is 2.62. The van der Waals surface area contributed by atoms with Crippen LogP contribution in [0, 0.1) is 0 Å². The zero-order chi connectivity index (χ0) is 8.55. The van der Waals surface area contributed by atoms with E-state index in [1.165, 1.54) is 0 Å². The van der Waals surface area contributed by atoms with Gasteiger partial charge in [0.2, 0.25) is 0 Å². The quantitative estimate of drug-likeness (QED) is 0.803. The van der Waals surface area contributed by atoms with Crippen molar-refractivity contribution in [3.05, 3.63) is 22.9 Å². The molecule has 4 nitrogen and oxygen atoms in total. The number of hydrogen-bond acceptors (Lipinski definition) is 3. The number of fused-ring (bicyclic) bond motifs is 1. The predicted octanol–water partition coefficient (Wildman–Crippen LogP) is 1.53. The van der Waals surface area contributed by atoms with E-state index < -0.39 is 0 Å². The molecule has 2 aromatic rings. The third-order valence-corrected chi connectivity index (χ3v) is 2.14. The lowest BCUT2D eigenvalue weighted by molar-refractivity contribution is 0.940. The van der Waals surface area contributed by atoms with Crippen LogP contribution < -0.4 is 5.32 Å². The van der Waals surface area contributed by atoms with E-state index in [9.17, 15) is 0 Å². The van der Waals surface area contributed by atoms with Gasteiger partial charge in [0.05, 0.1) is 10.7 Å². The third-order valence-electron chi connectivity index (χ3n) is 1.58. The summed E-state index contributed by atoms with van der Waals surface area (Å²) >= 11 is 3.36. The van der Waals surface area contributed by atoms with E-state index in [1.54, 1.807) is 10.7 Å². The van der Waals surface area contributed by atoms with Crippen molar-refractivity contribution in [3.63, 3.8) is 0 Å². The molecule has 2 rings (SSSR count). The Morgan fingerprint density at radius 3 is 3.17 bits per heavy atom. The van der Waals surface area contributed by atoms with Gasteiger partial charge in [0.25, 0.3) is 0 Å². The van der Waals surface area contributed by atoms with E-state index in [0.29, 0.717) is 0 Å². The van der Waals surface area contributed by atoms with Crippen molar-refractivity contribution < 1.29 is 0 Å². The third kappa shape index (κ3) is 1.06. The minimum Gasteiger partial charge on any atom is -0.373 e. The molecule has 2 aromatic heterocycles. The molecule has 1 N–H and O–H groups in total. The fourth-order valence-electron chi connectivity index (χ4n) is 0.980. The molecule has 0 spiro atoms. The van der Waals surface area contributed by atoms with E-state index in [4.69, 9.17) is 0 Å². The van der Waals surface area contributed by atoms with Gasteiger partial charge in [0.1, 0.15) is 5.82 Å². The van der Waals surface area contributed by atoms with Crippen molar-refractivity contribution >= 4 is 27.4 Å². The van der Waals surface area contributed by atoms with E-state index in [-0.39, 0.29) is 0 Å². The Morgan fingerprint density at radius 2 is 2.42 bits per heavy atom. The fraction of sp³-hybridized carbons (Fsp3) is 0.143. The first-order valence-corrected chi connectivity index (χ1v) is 4.28. The summed E-state index contributed by atoms with van der Waals surface area (Å²) in [4.78, 5) is 4.30. The van der Waals surface area contributed by atoms with E-state index in [2.05, 4.69) is 31.3 Å². The van der Waals surface area contributed by atoms with E-state index in [1.807, 2.05) is 19.3 Å². The fourth-order valence-corrected chi connectivity index (χ4v) is 1.34. The summed E-state index contributed by atoms with van der Waals surface area (Å²) in [6.07, 6.45) is 3.58. The van der Waals surface area contributed by atoms with Crippen LogP contribution in [0.25, 0.3) is 5.65 Å². The zero-order valence-corrected chi connectivity index (χ0v) is 8.04. The Morgan fingerprint density at radius 1 is 1.58 bits per heavy atom. The highest BCUT2D eigenvalue weighted by Gasteiger charge is 2.01. The van der Waals surface area contributed by atoms with Gasteiger partial charge in [-0.05, 0) is 22.0 Å². The van der Waals surface area contributed by atoms with Gasteiger partial charge in [-0.25, -0.2) is 9.50 Å². The van der Waals surface area contributed by atoms with Crippen LogP contribution >= 0.6 is 15.9 Å². The molecule has 0 aromatic carbocycles. The number of rotatable bonds is 1. The van der Waals surface area contributed by atoms with Gasteiger partial charge in [0, 0.05) is 13.2 Å². The Balaban J connectivity index is 2.71. The number of nitrogens with zero attached hydrogens (tertiary/aromatic N) is 3. The molecule has 0 unspecified atom stereocenters. The number of hydrogen-bond donors (Lipinski definition) is 1. The molecular weight excluding hydrogens is 220 g/mol. The molecule has 0 atom stereocenters.